The number of esters is 1. The molecule has 0 aliphatic rings. The van der Waals surface area contributed by atoms with E-state index in [0.29, 0.717) is 24.4 Å². The van der Waals surface area contributed by atoms with Gasteiger partial charge in [-0.2, -0.15) is 0 Å². The Balaban J connectivity index is 4.11. The van der Waals surface area contributed by atoms with Crippen LogP contribution in [0.1, 0.15) is 27.7 Å². The molecule has 0 atom stereocenters. The number of rotatable bonds is 6. The summed E-state index contributed by atoms with van der Waals surface area (Å²) in [7, 11) is 0. The molecule has 0 aromatic heterocycles. The molecule has 0 aromatic rings. The Morgan fingerprint density at radius 1 is 1.12 bits per heavy atom. The molecule has 0 fully saturated rings. The molecule has 0 unspecified atom stereocenters. The van der Waals surface area contributed by atoms with E-state index in [2.05, 4.69) is 27.7 Å². The first kappa shape index (κ1) is 14.7. The molecule has 0 aromatic carbocycles. The molecule has 0 saturated heterocycles. The van der Waals surface area contributed by atoms with Gasteiger partial charge in [0.2, 0.25) is 0 Å². The van der Waals surface area contributed by atoms with Crippen molar-refractivity contribution in [1.82, 2.24) is 0 Å². The molecule has 0 rings (SSSR count). The van der Waals surface area contributed by atoms with Gasteiger partial charge >= 0.3 is 11.9 Å². The van der Waals surface area contributed by atoms with E-state index in [9.17, 15) is 9.59 Å². The summed E-state index contributed by atoms with van der Waals surface area (Å²) in [6, 6.07) is 0. The Morgan fingerprint density at radius 3 is 2.00 bits per heavy atom. The van der Waals surface area contributed by atoms with Crippen LogP contribution in [0.25, 0.3) is 0 Å². The third-order valence-electron chi connectivity index (χ3n) is 2.49. The summed E-state index contributed by atoms with van der Waals surface area (Å²) in [5, 5.41) is 8.32. The summed E-state index contributed by atoms with van der Waals surface area (Å²) >= 11 is 0. The SMILES string of the molecule is CC(C)C(COC(=O)/C=C/C(=O)O)C(C)C. The van der Waals surface area contributed by atoms with Crippen LogP contribution in [-0.4, -0.2) is 23.7 Å². The quantitative estimate of drug-likeness (QED) is 0.558. The van der Waals surface area contributed by atoms with Crippen LogP contribution in [0.4, 0.5) is 0 Å². The molecule has 1 N–H and O–H groups in total. The second kappa shape index (κ2) is 7.04. The van der Waals surface area contributed by atoms with Crippen molar-refractivity contribution in [2.75, 3.05) is 6.61 Å². The van der Waals surface area contributed by atoms with Gasteiger partial charge in [-0.05, 0) is 17.8 Å². The van der Waals surface area contributed by atoms with Crippen LogP contribution in [0.3, 0.4) is 0 Å². The minimum atomic E-state index is -1.15. The van der Waals surface area contributed by atoms with Gasteiger partial charge in [-0.3, -0.25) is 0 Å². The van der Waals surface area contributed by atoms with E-state index in [0.717, 1.165) is 12.2 Å². The lowest BCUT2D eigenvalue weighted by Crippen LogP contribution is -2.23. The van der Waals surface area contributed by atoms with Gasteiger partial charge in [0.05, 0.1) is 6.61 Å². The van der Waals surface area contributed by atoms with Crippen LogP contribution in [0.2, 0.25) is 0 Å². The lowest BCUT2D eigenvalue weighted by molar-refractivity contribution is -0.140. The molecule has 16 heavy (non-hydrogen) atoms. The Bertz CT molecular complexity index is 258. The van der Waals surface area contributed by atoms with Crippen molar-refractivity contribution in [2.24, 2.45) is 17.8 Å². The molecule has 92 valence electrons. The monoisotopic (exact) mass is 228 g/mol. The lowest BCUT2D eigenvalue weighted by atomic mass is 9.86. The number of carboxylic acid groups (broad SMARTS) is 1. The van der Waals surface area contributed by atoms with Crippen molar-refractivity contribution in [3.05, 3.63) is 12.2 Å². The highest BCUT2D eigenvalue weighted by molar-refractivity contribution is 5.90. The van der Waals surface area contributed by atoms with Gasteiger partial charge in [0, 0.05) is 12.2 Å². The maximum atomic E-state index is 11.1. The number of carbonyl (C=O) groups excluding carboxylic acids is 1. The number of ether oxygens (including phenoxy) is 1. The van der Waals surface area contributed by atoms with Crippen LogP contribution >= 0.6 is 0 Å². The molecule has 0 amide bonds. The number of carboxylic acids is 1. The zero-order chi connectivity index (χ0) is 12.7. The highest BCUT2D eigenvalue weighted by Crippen LogP contribution is 2.20. The van der Waals surface area contributed by atoms with E-state index in [1.54, 1.807) is 0 Å². The van der Waals surface area contributed by atoms with Crippen LogP contribution in [0, 0.1) is 17.8 Å². The normalized spacial score (nSPS) is 11.7. The van der Waals surface area contributed by atoms with Gasteiger partial charge < -0.3 is 9.84 Å². The van der Waals surface area contributed by atoms with Gasteiger partial charge in [0.1, 0.15) is 0 Å². The van der Waals surface area contributed by atoms with Crippen molar-refractivity contribution in [3.8, 4) is 0 Å². The Labute approximate surface area is 96.3 Å². The first-order valence-electron chi connectivity index (χ1n) is 5.42. The second-order valence-electron chi connectivity index (χ2n) is 4.45. The Hall–Kier alpha value is -1.32. The molecule has 0 radical (unpaired) electrons. The van der Waals surface area contributed by atoms with Crippen LogP contribution < -0.4 is 0 Å². The summed E-state index contributed by atoms with van der Waals surface area (Å²) in [6.45, 7) is 8.63. The maximum absolute atomic E-state index is 11.1. The fourth-order valence-corrected chi connectivity index (χ4v) is 1.52. The molecule has 4 nitrogen and oxygen atoms in total. The smallest absolute Gasteiger partial charge is 0.331 e. The topological polar surface area (TPSA) is 63.6 Å². The third kappa shape index (κ3) is 6.22. The molecule has 0 aliphatic carbocycles. The zero-order valence-electron chi connectivity index (χ0n) is 10.3. The Kier molecular flexibility index (Phi) is 6.46. The molecule has 4 heteroatoms. The minimum absolute atomic E-state index is 0.294. The van der Waals surface area contributed by atoms with Crippen molar-refractivity contribution in [2.45, 2.75) is 27.7 Å². The van der Waals surface area contributed by atoms with E-state index in [4.69, 9.17) is 9.84 Å². The molecule has 0 heterocycles. The molecular weight excluding hydrogens is 208 g/mol. The molecular formula is C12H20O4. The number of carbonyl (C=O) groups is 2. The number of aliphatic carboxylic acids is 1. The minimum Gasteiger partial charge on any atom is -0.478 e. The van der Waals surface area contributed by atoms with Gasteiger partial charge in [-0.1, -0.05) is 27.7 Å². The third-order valence-corrected chi connectivity index (χ3v) is 2.49. The first-order chi connectivity index (χ1) is 7.34. The van der Waals surface area contributed by atoms with Crippen molar-refractivity contribution < 1.29 is 19.4 Å². The molecule has 0 bridgehead atoms. The van der Waals surface area contributed by atoms with E-state index in [1.807, 2.05) is 0 Å². The van der Waals surface area contributed by atoms with Crippen LogP contribution in [-0.2, 0) is 14.3 Å². The molecule has 0 aliphatic heterocycles. The number of hydrogen-bond donors (Lipinski definition) is 1. The van der Waals surface area contributed by atoms with Crippen molar-refractivity contribution in [3.63, 3.8) is 0 Å². The number of hydrogen-bond acceptors (Lipinski definition) is 3. The molecule has 0 saturated carbocycles. The van der Waals surface area contributed by atoms with E-state index < -0.39 is 11.9 Å². The van der Waals surface area contributed by atoms with Crippen LogP contribution in [0.15, 0.2) is 12.2 Å². The summed E-state index contributed by atoms with van der Waals surface area (Å²) in [4.78, 5) is 21.3. The second-order valence-corrected chi connectivity index (χ2v) is 4.45. The predicted octanol–water partition coefficient (Wildman–Crippen LogP) is 2.10. The van der Waals surface area contributed by atoms with Gasteiger partial charge in [-0.15, -0.1) is 0 Å². The van der Waals surface area contributed by atoms with Gasteiger partial charge in [0.15, 0.2) is 0 Å². The van der Waals surface area contributed by atoms with Gasteiger partial charge in [-0.25, -0.2) is 9.59 Å². The standard InChI is InChI=1S/C12H20O4/c1-8(2)10(9(3)4)7-16-12(15)6-5-11(13)14/h5-6,8-10H,7H2,1-4H3,(H,13,14)/b6-5+. The summed E-state index contributed by atoms with van der Waals surface area (Å²) in [5.74, 6) is -0.607. The lowest BCUT2D eigenvalue weighted by Gasteiger charge is -2.23. The average molecular weight is 228 g/mol. The average Bonchev–Trinajstić information content (AvgIpc) is 2.13. The van der Waals surface area contributed by atoms with E-state index in [-0.39, 0.29) is 0 Å². The summed E-state index contributed by atoms with van der Waals surface area (Å²) < 4.78 is 4.99. The van der Waals surface area contributed by atoms with E-state index in [1.165, 1.54) is 0 Å². The zero-order valence-corrected chi connectivity index (χ0v) is 10.3. The maximum Gasteiger partial charge on any atom is 0.331 e. The largest absolute Gasteiger partial charge is 0.478 e. The fraction of sp³-hybridized carbons (Fsp3) is 0.667. The highest BCUT2D eigenvalue weighted by Gasteiger charge is 2.18. The first-order valence-corrected chi connectivity index (χ1v) is 5.42. The van der Waals surface area contributed by atoms with Crippen molar-refractivity contribution >= 4 is 11.9 Å². The molecule has 0 spiro atoms. The van der Waals surface area contributed by atoms with Crippen LogP contribution in [0.5, 0.6) is 0 Å². The van der Waals surface area contributed by atoms with Crippen molar-refractivity contribution in [1.29, 1.82) is 0 Å². The highest BCUT2D eigenvalue weighted by atomic mass is 16.5. The van der Waals surface area contributed by atoms with Gasteiger partial charge in [0.25, 0.3) is 0 Å². The summed E-state index contributed by atoms with van der Waals surface area (Å²) in [5.41, 5.74) is 0. The van der Waals surface area contributed by atoms with E-state index >= 15 is 0 Å². The summed E-state index contributed by atoms with van der Waals surface area (Å²) in [6.07, 6.45) is 1.71. The fourth-order valence-electron chi connectivity index (χ4n) is 1.52. The predicted molar refractivity (Wildman–Crippen MR) is 60.9 cm³/mol. The Morgan fingerprint density at radius 2 is 1.62 bits per heavy atom.